The van der Waals surface area contributed by atoms with Gasteiger partial charge < -0.3 is 59.5 Å². The monoisotopic (exact) mass is 1420 g/mol. The summed E-state index contributed by atoms with van der Waals surface area (Å²) in [5, 5.41) is 23.9. The molecule has 9 aromatic rings. The van der Waals surface area contributed by atoms with Crippen molar-refractivity contribution in [2.24, 2.45) is 5.73 Å². The number of aliphatic hydroxyl groups excluding tert-OH is 1. The Morgan fingerprint density at radius 3 is 1.81 bits per heavy atom. The topological polar surface area (TPSA) is 293 Å². The Morgan fingerprint density at radius 1 is 0.571 bits per heavy atom. The SMILES string of the molecule is COc1ccc(CNC(=O)c2ccnc(N3C[C@@H](c4ccc(OC)c(Oc5ccccc5C#N)c4)CC3=O)c2)cc1.COc1ccc([C@H]2CC(=O)C(c3cccc(C(=O)NCCO)c3)C2)cc1OC1CCCC1.COc1ccc([C@H]2CC(=O)N(c3ccnc(C(N)=O)c3)C2)cc1Oc1c(C)cccc1C. The molecule has 4 heterocycles. The van der Waals surface area contributed by atoms with Gasteiger partial charge in [-0.1, -0.05) is 72.8 Å². The number of pyridine rings is 2. The lowest BCUT2D eigenvalue weighted by atomic mass is 9.92. The second-order valence-corrected chi connectivity index (χ2v) is 26.1. The molecule has 2 aliphatic carbocycles. The summed E-state index contributed by atoms with van der Waals surface area (Å²) < 4.78 is 40.2. The molecule has 0 bridgehead atoms. The Kier molecular flexibility index (Phi) is 24.5. The minimum atomic E-state index is -0.626. The van der Waals surface area contributed by atoms with Gasteiger partial charge in [0.1, 0.15) is 40.6 Å². The number of ether oxygens (including phenoxy) is 7. The van der Waals surface area contributed by atoms with Crippen LogP contribution in [0.15, 0.2) is 182 Å². The number of hydrogen-bond acceptors (Lipinski definition) is 17. The number of carbonyl (C=O) groups is 6. The first kappa shape index (κ1) is 74.1. The van der Waals surface area contributed by atoms with Crippen LogP contribution >= 0.6 is 0 Å². The number of nitrogens with zero attached hydrogens (tertiary/aromatic N) is 5. The van der Waals surface area contributed by atoms with Crippen molar-refractivity contribution in [1.82, 2.24) is 20.6 Å². The zero-order chi connectivity index (χ0) is 74.1. The molecule has 4 aliphatic rings. The second kappa shape index (κ2) is 34.7. The number of nitrogens with one attached hydrogen (secondary N) is 2. The summed E-state index contributed by atoms with van der Waals surface area (Å²) >= 11 is 0. The maximum absolute atomic E-state index is 13.1. The van der Waals surface area contributed by atoms with E-state index in [1.54, 1.807) is 105 Å². The first-order valence-electron chi connectivity index (χ1n) is 34.8. The van der Waals surface area contributed by atoms with E-state index in [1.165, 1.54) is 25.2 Å². The van der Waals surface area contributed by atoms with E-state index < -0.39 is 5.91 Å². The van der Waals surface area contributed by atoms with Gasteiger partial charge in [0.25, 0.3) is 17.7 Å². The zero-order valence-electron chi connectivity index (χ0n) is 59.5. The summed E-state index contributed by atoms with van der Waals surface area (Å²) in [5.74, 6) is 4.72. The van der Waals surface area contributed by atoms with Crippen molar-refractivity contribution in [2.75, 3.05) is 64.5 Å². The number of anilines is 2. The number of para-hydroxylation sites is 2. The molecule has 540 valence electrons. The molecule has 2 aromatic heterocycles. The highest BCUT2D eigenvalue weighted by Crippen LogP contribution is 2.46. The number of methoxy groups -OCH3 is 4. The molecule has 105 heavy (non-hydrogen) atoms. The number of ketones is 1. The van der Waals surface area contributed by atoms with Gasteiger partial charge in [-0.2, -0.15) is 5.26 Å². The lowest BCUT2D eigenvalue weighted by Gasteiger charge is -2.19. The van der Waals surface area contributed by atoms with Gasteiger partial charge in [0, 0.05) is 92.4 Å². The standard InChI is InChI=1S/C32H28N4O5.C26H31NO5.C25H25N3O4/c1-39-26-10-7-21(8-11-26)19-35-32(38)23-13-14-34-30(16-23)36-20-25(17-31(36)37)22-9-12-28(40-2)29(15-22)41-27-6-4-3-5-24(27)18-33;1-31-24-10-9-17(16-25(24)32-21-7-2-3-8-21)20-14-22(23(29)15-20)18-5-4-6-19(13-18)26(30)27-11-12-28;1-15-5-4-6-16(2)24(15)32-22-11-17(7-8-21(22)31-3)18-12-23(29)28(14-18)19-9-10-27-20(13-19)25(26)30/h3-16,25H,17,19-20H2,1-2H3,(H,35,38);4-6,9-10,13,16,20-22,28H,2-3,7-8,11-12,14-15H2,1H3,(H,27,30);4-11,13,18H,12,14H2,1-3H3,(H2,26,30)/t25-;20-,22?;18-/m010/s1. The quantitative estimate of drug-likeness (QED) is 0.0463. The maximum Gasteiger partial charge on any atom is 0.267 e. The highest BCUT2D eigenvalue weighted by molar-refractivity contribution is 6.00. The largest absolute Gasteiger partial charge is 0.497 e. The van der Waals surface area contributed by atoms with Gasteiger partial charge in [0.2, 0.25) is 11.8 Å². The van der Waals surface area contributed by atoms with E-state index in [2.05, 4.69) is 26.7 Å². The van der Waals surface area contributed by atoms with Gasteiger partial charge in [-0.05, 0) is 188 Å². The average molecular weight is 1420 g/mol. The Hall–Kier alpha value is -12.1. The molecular weight excluding hydrogens is 1330 g/mol. The molecule has 7 aromatic carbocycles. The molecule has 22 nitrogen and oxygen atoms in total. The first-order chi connectivity index (χ1) is 50.9. The highest BCUT2D eigenvalue weighted by atomic mass is 16.5. The Morgan fingerprint density at radius 2 is 1.16 bits per heavy atom. The summed E-state index contributed by atoms with van der Waals surface area (Å²) in [5.41, 5.74) is 14.2. The van der Waals surface area contributed by atoms with Crippen molar-refractivity contribution in [2.45, 2.75) is 102 Å². The number of carbonyl (C=O) groups excluding carboxylic acids is 6. The lowest BCUT2D eigenvalue weighted by Crippen LogP contribution is -2.27. The summed E-state index contributed by atoms with van der Waals surface area (Å²) in [7, 11) is 6.40. The van der Waals surface area contributed by atoms with E-state index in [0.29, 0.717) is 95.8 Å². The molecule has 0 radical (unpaired) electrons. The van der Waals surface area contributed by atoms with Crippen LogP contribution in [0.3, 0.4) is 0 Å². The fourth-order valence-corrected chi connectivity index (χ4v) is 13.5. The van der Waals surface area contributed by atoms with Crippen molar-refractivity contribution in [3.8, 4) is 57.8 Å². The molecule has 22 heteroatoms. The molecule has 5 amide bonds. The molecular formula is C83H84N8O14. The van der Waals surface area contributed by atoms with Gasteiger partial charge in [0.15, 0.2) is 34.5 Å². The lowest BCUT2D eigenvalue weighted by molar-refractivity contribution is -0.119. The average Bonchev–Trinajstić information content (AvgIpc) is 1.64. The normalized spacial score (nSPS) is 16.8. The summed E-state index contributed by atoms with van der Waals surface area (Å²) in [6, 6.07) is 53.6. The van der Waals surface area contributed by atoms with Gasteiger partial charge in [-0.3, -0.25) is 38.7 Å². The van der Waals surface area contributed by atoms with Crippen LogP contribution in [0, 0.1) is 25.2 Å². The van der Waals surface area contributed by atoms with E-state index in [-0.39, 0.29) is 84.5 Å². The zero-order valence-corrected chi connectivity index (χ0v) is 59.5. The minimum Gasteiger partial charge on any atom is -0.497 e. The molecule has 2 aliphatic heterocycles. The van der Waals surface area contributed by atoms with Crippen LogP contribution in [0.4, 0.5) is 11.5 Å². The van der Waals surface area contributed by atoms with E-state index >= 15 is 0 Å². The number of hydrogen-bond donors (Lipinski definition) is 4. The molecule has 4 fully saturated rings. The summed E-state index contributed by atoms with van der Waals surface area (Å²) in [6.45, 7) is 5.33. The van der Waals surface area contributed by atoms with E-state index in [0.717, 1.165) is 74.8 Å². The smallest absolute Gasteiger partial charge is 0.267 e. The fraction of sp³-hybridized carbons (Fsp3) is 0.289. The third-order valence-corrected chi connectivity index (χ3v) is 19.2. The molecule has 5 N–H and O–H groups in total. The molecule has 13 rings (SSSR count). The van der Waals surface area contributed by atoms with Gasteiger partial charge in [-0.25, -0.2) is 4.98 Å². The van der Waals surface area contributed by atoms with Crippen LogP contribution in [-0.2, 0) is 20.9 Å². The van der Waals surface area contributed by atoms with Crippen LogP contribution in [0.25, 0.3) is 0 Å². The molecule has 1 unspecified atom stereocenters. The predicted octanol–water partition coefficient (Wildman–Crippen LogP) is 13.3. The Balaban J connectivity index is 0.000000159. The number of nitriles is 1. The van der Waals surface area contributed by atoms with Crippen molar-refractivity contribution in [3.05, 3.63) is 244 Å². The third-order valence-electron chi connectivity index (χ3n) is 19.2. The summed E-state index contributed by atoms with van der Waals surface area (Å²) in [4.78, 5) is 86.9. The molecule has 0 spiro atoms. The number of primary amides is 1. The number of amides is 5. The molecule has 2 saturated carbocycles. The van der Waals surface area contributed by atoms with E-state index in [9.17, 15) is 34.0 Å². The van der Waals surface area contributed by atoms with Crippen LogP contribution in [0.5, 0.6) is 51.7 Å². The maximum atomic E-state index is 13.1. The van der Waals surface area contributed by atoms with Crippen LogP contribution < -0.4 is 59.3 Å². The van der Waals surface area contributed by atoms with Crippen molar-refractivity contribution >= 4 is 46.8 Å². The predicted molar refractivity (Wildman–Crippen MR) is 395 cm³/mol. The van der Waals surface area contributed by atoms with Gasteiger partial charge in [-0.15, -0.1) is 0 Å². The number of nitrogens with two attached hydrogens (primary N) is 1. The Labute approximate surface area is 610 Å². The van der Waals surface area contributed by atoms with E-state index in [1.807, 2.05) is 117 Å². The minimum absolute atomic E-state index is 0.0235. The highest BCUT2D eigenvalue weighted by Gasteiger charge is 2.37. The number of aromatic nitrogens is 2. The second-order valence-electron chi connectivity index (χ2n) is 26.1. The number of aliphatic hydroxyl groups is 1. The van der Waals surface area contributed by atoms with Crippen molar-refractivity contribution < 1.29 is 67.0 Å². The summed E-state index contributed by atoms with van der Waals surface area (Å²) in [6.07, 6.45) is 9.58. The van der Waals surface area contributed by atoms with Crippen LogP contribution in [-0.4, -0.2) is 111 Å². The molecule has 2 saturated heterocycles. The number of aryl methyl sites for hydroxylation is 2. The number of rotatable bonds is 23. The fourth-order valence-electron chi connectivity index (χ4n) is 13.5. The van der Waals surface area contributed by atoms with Crippen LogP contribution in [0.1, 0.15) is 151 Å². The van der Waals surface area contributed by atoms with Crippen molar-refractivity contribution in [3.63, 3.8) is 0 Å². The van der Waals surface area contributed by atoms with Crippen molar-refractivity contribution in [1.29, 1.82) is 5.26 Å². The first-order valence-corrected chi connectivity index (χ1v) is 34.8. The third kappa shape index (κ3) is 18.2. The van der Waals surface area contributed by atoms with Gasteiger partial charge in [0.05, 0.1) is 46.7 Å². The van der Waals surface area contributed by atoms with Gasteiger partial charge >= 0.3 is 0 Å². The molecule has 4 atom stereocenters. The Bertz CT molecular complexity index is 4670. The van der Waals surface area contributed by atoms with E-state index in [4.69, 9.17) is 44.0 Å². The van der Waals surface area contributed by atoms with Crippen LogP contribution in [0.2, 0.25) is 0 Å². The number of benzene rings is 7. The number of Topliss-reactive ketones (excluding diaryl/α,β-unsaturated/α-hetero) is 1.